The van der Waals surface area contributed by atoms with E-state index in [0.717, 1.165) is 5.82 Å². The predicted octanol–water partition coefficient (Wildman–Crippen LogP) is 2.62. The number of amides is 1. The number of hydrogen-bond donors (Lipinski definition) is 2. The monoisotopic (exact) mass is 258 g/mol. The second kappa shape index (κ2) is 4.96. The average molecular weight is 258 g/mol. The van der Waals surface area contributed by atoms with E-state index in [-0.39, 0.29) is 14.8 Å². The average Bonchev–Trinajstić information content (AvgIpc) is 2.59. The molecule has 0 aliphatic rings. The smallest absolute Gasteiger partial charge is 0.408 e. The number of aromatic amines is 1. The predicted molar refractivity (Wildman–Crippen MR) is 72.4 cm³/mol. The van der Waals surface area contributed by atoms with Gasteiger partial charge in [0.25, 0.3) is 0 Å². The number of nitrogens with one attached hydrogen (secondary N) is 2. The fourth-order valence-electron chi connectivity index (χ4n) is 1.18. The summed E-state index contributed by atoms with van der Waals surface area (Å²) >= 11 is 0. The summed E-state index contributed by atoms with van der Waals surface area (Å²) in [6.45, 7) is 11.8. The van der Waals surface area contributed by atoms with E-state index in [9.17, 15) is 4.79 Å². The van der Waals surface area contributed by atoms with Crippen molar-refractivity contribution in [3.05, 3.63) is 11.6 Å². The van der Waals surface area contributed by atoms with Gasteiger partial charge in [0.05, 0.1) is 6.54 Å². The molecule has 1 rings (SSSR count). The molecule has 18 heavy (non-hydrogen) atoms. The molecule has 0 aliphatic heterocycles. The molecule has 2 N–H and O–H groups in total. The molecule has 1 aromatic rings. The van der Waals surface area contributed by atoms with E-state index in [4.69, 9.17) is 4.74 Å². The van der Waals surface area contributed by atoms with Gasteiger partial charge in [-0.05, 0) is 20.8 Å². The second-order valence-corrected chi connectivity index (χ2v) is 6.21. The van der Waals surface area contributed by atoms with E-state index in [2.05, 4.69) is 20.5 Å². The van der Waals surface area contributed by atoms with Crippen molar-refractivity contribution < 1.29 is 12.4 Å². The molecule has 0 fully saturated rings. The Labute approximate surface area is 110 Å². The molecule has 0 aliphatic carbocycles. The SMILES string of the molecule is CC(C)(C)OC(=O)NCc1nc(C(C)(C)C)n[nH]1.[HH].[HH]. The highest BCUT2D eigenvalue weighted by Gasteiger charge is 2.20. The van der Waals surface area contributed by atoms with Gasteiger partial charge in [0, 0.05) is 8.27 Å². The van der Waals surface area contributed by atoms with Gasteiger partial charge in [-0.1, -0.05) is 20.8 Å². The van der Waals surface area contributed by atoms with Gasteiger partial charge >= 0.3 is 6.09 Å². The van der Waals surface area contributed by atoms with Crippen LogP contribution in [0.1, 0.15) is 56.0 Å². The Morgan fingerprint density at radius 1 is 1.33 bits per heavy atom. The molecule has 0 unspecified atom stereocenters. The van der Waals surface area contributed by atoms with Crippen molar-refractivity contribution in [2.24, 2.45) is 0 Å². The highest BCUT2D eigenvalue weighted by molar-refractivity contribution is 5.67. The first-order valence-electron chi connectivity index (χ1n) is 5.96. The number of hydrogen-bond acceptors (Lipinski definition) is 4. The molecule has 0 radical (unpaired) electrons. The van der Waals surface area contributed by atoms with Gasteiger partial charge < -0.3 is 10.1 Å². The number of carbonyl (C=O) groups excluding carboxylic acids is 1. The van der Waals surface area contributed by atoms with Crippen LogP contribution in [0.4, 0.5) is 4.79 Å². The summed E-state index contributed by atoms with van der Waals surface area (Å²) < 4.78 is 5.12. The Balaban J connectivity index is 0. The molecule has 6 heteroatoms. The van der Waals surface area contributed by atoms with Crippen molar-refractivity contribution in [2.75, 3.05) is 0 Å². The summed E-state index contributed by atoms with van der Waals surface area (Å²) in [6, 6.07) is 0. The summed E-state index contributed by atoms with van der Waals surface area (Å²) in [5.74, 6) is 1.34. The maximum Gasteiger partial charge on any atom is 0.408 e. The topological polar surface area (TPSA) is 79.9 Å². The van der Waals surface area contributed by atoms with E-state index in [1.165, 1.54) is 0 Å². The van der Waals surface area contributed by atoms with E-state index in [1.54, 1.807) is 0 Å². The van der Waals surface area contributed by atoms with Gasteiger partial charge in [0.15, 0.2) is 5.82 Å². The lowest BCUT2D eigenvalue weighted by Crippen LogP contribution is -2.32. The van der Waals surface area contributed by atoms with E-state index < -0.39 is 11.7 Å². The summed E-state index contributed by atoms with van der Waals surface area (Å²) in [5.41, 5.74) is -0.608. The van der Waals surface area contributed by atoms with Crippen LogP contribution in [0.2, 0.25) is 0 Å². The number of H-pyrrole nitrogens is 1. The number of aromatic nitrogens is 3. The molecule has 0 saturated heterocycles. The fourth-order valence-corrected chi connectivity index (χ4v) is 1.18. The molecule has 6 nitrogen and oxygen atoms in total. The number of ether oxygens (including phenoxy) is 1. The first-order valence-corrected chi connectivity index (χ1v) is 5.96. The molecule has 106 valence electrons. The van der Waals surface area contributed by atoms with Gasteiger partial charge in [0.2, 0.25) is 0 Å². The van der Waals surface area contributed by atoms with Gasteiger partial charge in [-0.15, -0.1) is 0 Å². The third kappa shape index (κ3) is 4.73. The summed E-state index contributed by atoms with van der Waals surface area (Å²) in [5, 5.41) is 9.54. The minimum atomic E-state index is -0.498. The number of rotatable bonds is 2. The van der Waals surface area contributed by atoms with Crippen molar-refractivity contribution in [1.82, 2.24) is 20.5 Å². The molecule has 1 aromatic heterocycles. The number of nitrogens with zero attached hydrogens (tertiary/aromatic N) is 2. The third-order valence-corrected chi connectivity index (χ3v) is 2.00. The van der Waals surface area contributed by atoms with Crippen LogP contribution in [0.15, 0.2) is 0 Å². The van der Waals surface area contributed by atoms with Crippen LogP contribution < -0.4 is 5.32 Å². The standard InChI is InChI=1S/C12H22N4O2.2H2/c1-11(2,3)9-14-8(15-16-9)7-13-10(17)18-12(4,5)6;;/h7H2,1-6H3,(H,13,17)(H,14,15,16);2*1H. The van der Waals surface area contributed by atoms with Crippen LogP contribution >= 0.6 is 0 Å². The van der Waals surface area contributed by atoms with E-state index in [0.29, 0.717) is 5.82 Å². The lowest BCUT2D eigenvalue weighted by molar-refractivity contribution is 0.0522. The first-order chi connectivity index (χ1) is 8.08. The Morgan fingerprint density at radius 3 is 2.39 bits per heavy atom. The van der Waals surface area contributed by atoms with Gasteiger partial charge in [0.1, 0.15) is 11.4 Å². The van der Waals surface area contributed by atoms with Gasteiger partial charge in [-0.2, -0.15) is 5.10 Å². The maximum absolute atomic E-state index is 11.4. The van der Waals surface area contributed by atoms with E-state index >= 15 is 0 Å². The fraction of sp³-hybridized carbons (Fsp3) is 0.750. The number of carbonyl (C=O) groups is 1. The molecular weight excluding hydrogens is 232 g/mol. The van der Waals surface area contributed by atoms with Crippen LogP contribution in [-0.4, -0.2) is 26.9 Å². The van der Waals surface area contributed by atoms with E-state index in [1.807, 2.05) is 41.5 Å². The Hall–Kier alpha value is -1.59. The lowest BCUT2D eigenvalue weighted by Gasteiger charge is -2.19. The van der Waals surface area contributed by atoms with Crippen LogP contribution in [0, 0.1) is 0 Å². The quantitative estimate of drug-likeness (QED) is 0.854. The van der Waals surface area contributed by atoms with Gasteiger partial charge in [-0.25, -0.2) is 9.78 Å². The minimum absolute atomic E-state index is 0. The zero-order valence-corrected chi connectivity index (χ0v) is 11.9. The maximum atomic E-state index is 11.4. The molecule has 0 saturated carbocycles. The first kappa shape index (κ1) is 14.5. The zero-order chi connectivity index (χ0) is 14.0. The van der Waals surface area contributed by atoms with Crippen molar-refractivity contribution in [1.29, 1.82) is 0 Å². The molecular formula is C12H26N4O2. The Morgan fingerprint density at radius 2 is 1.94 bits per heavy atom. The summed E-state index contributed by atoms with van der Waals surface area (Å²) in [4.78, 5) is 15.8. The van der Waals surface area contributed by atoms with Crippen molar-refractivity contribution in [2.45, 2.75) is 59.1 Å². The molecule has 0 spiro atoms. The lowest BCUT2D eigenvalue weighted by atomic mass is 9.96. The van der Waals surface area contributed by atoms with Crippen molar-refractivity contribution >= 4 is 6.09 Å². The molecule has 0 aromatic carbocycles. The van der Waals surface area contributed by atoms with Crippen molar-refractivity contribution in [3.63, 3.8) is 0 Å². The summed E-state index contributed by atoms with van der Waals surface area (Å²) in [7, 11) is 0. The van der Waals surface area contributed by atoms with Gasteiger partial charge in [-0.3, -0.25) is 5.10 Å². The molecule has 1 heterocycles. The Kier molecular flexibility index (Phi) is 3.98. The number of alkyl carbamates (subject to hydrolysis) is 1. The third-order valence-electron chi connectivity index (χ3n) is 2.00. The molecule has 1 amide bonds. The zero-order valence-electron chi connectivity index (χ0n) is 11.9. The van der Waals surface area contributed by atoms with Crippen LogP contribution in [0.3, 0.4) is 0 Å². The second-order valence-electron chi connectivity index (χ2n) is 6.21. The minimum Gasteiger partial charge on any atom is -0.444 e. The molecule has 0 atom stereocenters. The highest BCUT2D eigenvalue weighted by atomic mass is 16.6. The van der Waals surface area contributed by atoms with Crippen LogP contribution in [0.25, 0.3) is 0 Å². The largest absolute Gasteiger partial charge is 0.444 e. The normalized spacial score (nSPS) is 12.3. The van der Waals surface area contributed by atoms with Crippen LogP contribution in [-0.2, 0) is 16.7 Å². The Bertz CT molecular complexity index is 422. The highest BCUT2D eigenvalue weighted by Crippen LogP contribution is 2.17. The summed E-state index contributed by atoms with van der Waals surface area (Å²) in [6.07, 6.45) is -0.462. The van der Waals surface area contributed by atoms with Crippen LogP contribution in [0.5, 0.6) is 0 Å². The molecule has 0 bridgehead atoms. The van der Waals surface area contributed by atoms with Crippen molar-refractivity contribution in [3.8, 4) is 0 Å².